The zero-order valence-corrected chi connectivity index (χ0v) is 8.55. The fraction of sp³-hybridized carbons (Fsp3) is 1.00. The Kier molecular flexibility index (Phi) is 16.6. The van der Waals surface area contributed by atoms with Crippen LogP contribution in [0.2, 0.25) is 0 Å². The predicted molar refractivity (Wildman–Crippen MR) is 52.7 cm³/mol. The lowest BCUT2D eigenvalue weighted by atomic mass is 10.6. The Morgan fingerprint density at radius 3 is 1.83 bits per heavy atom. The van der Waals surface area contributed by atoms with Crippen molar-refractivity contribution >= 4 is 8.03 Å². The highest BCUT2D eigenvalue weighted by atomic mass is 31.1. The van der Waals surface area contributed by atoms with E-state index in [0.717, 1.165) is 13.1 Å². The molecule has 0 saturated heterocycles. The van der Waals surface area contributed by atoms with Gasteiger partial charge in [0.25, 0.3) is 0 Å². The second-order valence-electron chi connectivity index (χ2n) is 2.07. The maximum Gasteiger partial charge on any atom is 0.188 e. The molecule has 0 radical (unpaired) electrons. The van der Waals surface area contributed by atoms with Crippen molar-refractivity contribution in [2.45, 2.75) is 6.92 Å². The zero-order valence-electron chi connectivity index (χ0n) is 7.55. The van der Waals surface area contributed by atoms with Gasteiger partial charge in [-0.2, -0.15) is 0 Å². The van der Waals surface area contributed by atoms with Crippen LogP contribution in [-0.2, 0) is 4.57 Å². The molecule has 0 aliphatic rings. The van der Waals surface area contributed by atoms with Crippen molar-refractivity contribution < 1.29 is 9.46 Å². The second-order valence-corrected chi connectivity index (χ2v) is 3.57. The molecule has 76 valence electrons. The van der Waals surface area contributed by atoms with E-state index in [4.69, 9.17) is 16.4 Å². The molecule has 0 spiro atoms. The van der Waals surface area contributed by atoms with Crippen molar-refractivity contribution in [3.8, 4) is 0 Å². The van der Waals surface area contributed by atoms with E-state index in [-0.39, 0.29) is 0 Å². The summed E-state index contributed by atoms with van der Waals surface area (Å²) in [7, 11) is -2.12. The van der Waals surface area contributed by atoms with Gasteiger partial charge in [-0.1, -0.05) is 6.92 Å². The fourth-order valence-corrected chi connectivity index (χ4v) is 0.329. The molecule has 6 heteroatoms. The van der Waals surface area contributed by atoms with Gasteiger partial charge >= 0.3 is 0 Å². The average molecular weight is 197 g/mol. The summed E-state index contributed by atoms with van der Waals surface area (Å²) in [6.07, 6.45) is 0.407. The van der Waals surface area contributed by atoms with Gasteiger partial charge in [-0.15, -0.1) is 0 Å². The minimum atomic E-state index is -2.12. The Labute approximate surface area is 74.4 Å². The number of hydrogen-bond donors (Lipinski definition) is 4. The molecule has 12 heavy (non-hydrogen) atoms. The molecule has 1 unspecified atom stereocenters. The smallest absolute Gasteiger partial charge is 0.188 e. The van der Waals surface area contributed by atoms with Gasteiger partial charge in [-0.3, -0.25) is 4.57 Å². The molecule has 0 amide bonds. The van der Waals surface area contributed by atoms with E-state index in [1.165, 1.54) is 0 Å². The summed E-state index contributed by atoms with van der Waals surface area (Å²) in [5.41, 5.74) is 10.3. The lowest BCUT2D eigenvalue weighted by Gasteiger charge is -1.95. The molecule has 5 nitrogen and oxygen atoms in total. The Bertz CT molecular complexity index is 98.8. The van der Waals surface area contributed by atoms with Crippen molar-refractivity contribution in [3.63, 3.8) is 0 Å². The molecule has 0 aromatic heterocycles. The highest BCUT2D eigenvalue weighted by Gasteiger charge is 1.76. The lowest BCUT2D eigenvalue weighted by Crippen LogP contribution is -2.27. The van der Waals surface area contributed by atoms with E-state index in [0.29, 0.717) is 19.3 Å². The van der Waals surface area contributed by atoms with Gasteiger partial charge in [0.05, 0.1) is 0 Å². The molecule has 0 fully saturated rings. The van der Waals surface area contributed by atoms with Crippen LogP contribution in [0, 0.1) is 0 Å². The molecule has 0 rings (SSSR count). The Morgan fingerprint density at radius 2 is 1.67 bits per heavy atom. The normalized spacial score (nSPS) is 11.7. The molecule has 0 heterocycles. The van der Waals surface area contributed by atoms with Crippen molar-refractivity contribution in [2.75, 3.05) is 32.3 Å². The van der Waals surface area contributed by atoms with Crippen LogP contribution in [-0.4, -0.2) is 37.2 Å². The van der Waals surface area contributed by atoms with Crippen molar-refractivity contribution in [1.29, 1.82) is 0 Å². The lowest BCUT2D eigenvalue weighted by molar-refractivity contribution is 0.504. The predicted octanol–water partition coefficient (Wildman–Crippen LogP) is -1.03. The molecule has 6 N–H and O–H groups in total. The quantitative estimate of drug-likeness (QED) is 0.333. The van der Waals surface area contributed by atoms with E-state index in [9.17, 15) is 4.57 Å². The molecular weight excluding hydrogens is 177 g/mol. The summed E-state index contributed by atoms with van der Waals surface area (Å²) in [6, 6.07) is 0. The van der Waals surface area contributed by atoms with Gasteiger partial charge in [-0.25, -0.2) is 0 Å². The standard InChI is InChI=1S/C4H13N3.C2H7O2P/c5-1-3-7-4-2-6;1-2-5(3)4/h7H,1-6H2;5H,2H2,1H3,(H,3,4). The third kappa shape index (κ3) is 22.5. The summed E-state index contributed by atoms with van der Waals surface area (Å²) >= 11 is 0. The Morgan fingerprint density at radius 1 is 1.33 bits per heavy atom. The summed E-state index contributed by atoms with van der Waals surface area (Å²) in [6.45, 7) is 4.82. The average Bonchev–Trinajstić information content (AvgIpc) is 2.07. The van der Waals surface area contributed by atoms with Gasteiger partial charge in [0.2, 0.25) is 0 Å². The number of nitrogens with one attached hydrogen (secondary N) is 1. The summed E-state index contributed by atoms with van der Waals surface area (Å²) in [5.74, 6) is 0. The van der Waals surface area contributed by atoms with Crippen LogP contribution in [0.1, 0.15) is 6.92 Å². The second kappa shape index (κ2) is 13.6. The highest BCUT2D eigenvalue weighted by molar-refractivity contribution is 7.37. The van der Waals surface area contributed by atoms with E-state index in [1.807, 2.05) is 0 Å². The number of nitrogens with two attached hydrogens (primary N) is 2. The van der Waals surface area contributed by atoms with E-state index >= 15 is 0 Å². The van der Waals surface area contributed by atoms with Crippen LogP contribution in [0.5, 0.6) is 0 Å². The van der Waals surface area contributed by atoms with Gasteiger partial charge in [0.15, 0.2) is 8.03 Å². The topological polar surface area (TPSA) is 101 Å². The van der Waals surface area contributed by atoms with Gasteiger partial charge in [0.1, 0.15) is 0 Å². The first-order valence-electron chi connectivity index (χ1n) is 4.01. The molecule has 0 bridgehead atoms. The minimum Gasteiger partial charge on any atom is -0.346 e. The van der Waals surface area contributed by atoms with Gasteiger partial charge in [0, 0.05) is 32.3 Å². The molecule has 0 aliphatic heterocycles. The van der Waals surface area contributed by atoms with E-state index < -0.39 is 8.03 Å². The Hall–Kier alpha value is 0.0700. The van der Waals surface area contributed by atoms with Gasteiger partial charge in [-0.05, 0) is 0 Å². The van der Waals surface area contributed by atoms with Crippen molar-refractivity contribution in [3.05, 3.63) is 0 Å². The van der Waals surface area contributed by atoms with E-state index in [2.05, 4.69) is 5.32 Å². The van der Waals surface area contributed by atoms with Crippen LogP contribution in [0.25, 0.3) is 0 Å². The largest absolute Gasteiger partial charge is 0.346 e. The van der Waals surface area contributed by atoms with Crippen LogP contribution in [0.15, 0.2) is 0 Å². The third-order valence-electron chi connectivity index (χ3n) is 0.945. The molecule has 0 aliphatic carbocycles. The molecule has 0 aromatic carbocycles. The summed E-state index contributed by atoms with van der Waals surface area (Å²) in [4.78, 5) is 7.91. The third-order valence-corrected chi connectivity index (χ3v) is 1.55. The molecule has 1 atom stereocenters. The molecule has 0 aromatic rings. The first kappa shape index (κ1) is 14.6. The fourth-order valence-electron chi connectivity index (χ4n) is 0.329. The van der Waals surface area contributed by atoms with Gasteiger partial charge < -0.3 is 21.7 Å². The zero-order chi connectivity index (χ0) is 9.82. The minimum absolute atomic E-state index is 0.407. The van der Waals surface area contributed by atoms with Crippen LogP contribution in [0.4, 0.5) is 0 Å². The summed E-state index contributed by atoms with van der Waals surface area (Å²) < 4.78 is 9.55. The Balaban J connectivity index is 0. The van der Waals surface area contributed by atoms with Crippen LogP contribution >= 0.6 is 8.03 Å². The van der Waals surface area contributed by atoms with Crippen molar-refractivity contribution in [1.82, 2.24) is 5.32 Å². The number of hydrogen-bond acceptors (Lipinski definition) is 4. The highest BCUT2D eigenvalue weighted by Crippen LogP contribution is 2.08. The van der Waals surface area contributed by atoms with Crippen LogP contribution < -0.4 is 16.8 Å². The monoisotopic (exact) mass is 197 g/mol. The first-order chi connectivity index (χ1) is 5.68. The summed E-state index contributed by atoms with van der Waals surface area (Å²) in [5, 5.41) is 3.03. The van der Waals surface area contributed by atoms with Crippen LogP contribution in [0.3, 0.4) is 0 Å². The maximum absolute atomic E-state index is 9.55. The van der Waals surface area contributed by atoms with Crippen molar-refractivity contribution in [2.24, 2.45) is 11.5 Å². The first-order valence-corrected chi connectivity index (χ1v) is 5.57. The molecule has 0 saturated carbocycles. The SMILES string of the molecule is CC[PH](=O)O.NCCNCCN. The maximum atomic E-state index is 9.55. The number of rotatable bonds is 5. The molecular formula is C6H20N3O2P. The van der Waals surface area contributed by atoms with E-state index in [1.54, 1.807) is 6.92 Å².